The summed E-state index contributed by atoms with van der Waals surface area (Å²) in [6, 6.07) is 7.49. The van der Waals surface area contributed by atoms with Gasteiger partial charge in [-0.2, -0.15) is 0 Å². The number of nitrogens with zero attached hydrogens (tertiary/aromatic N) is 1. The summed E-state index contributed by atoms with van der Waals surface area (Å²) in [5.74, 6) is 2.90. The van der Waals surface area contributed by atoms with Crippen molar-refractivity contribution in [1.29, 1.82) is 0 Å². The monoisotopic (exact) mass is 421 g/mol. The van der Waals surface area contributed by atoms with E-state index in [1.165, 1.54) is 63.8 Å². The van der Waals surface area contributed by atoms with E-state index in [1.807, 2.05) is 0 Å². The average Bonchev–Trinajstić information content (AvgIpc) is 3.46. The van der Waals surface area contributed by atoms with Crippen LogP contribution in [0.4, 0.5) is 0 Å². The van der Waals surface area contributed by atoms with Gasteiger partial charge in [0.25, 0.3) is 0 Å². The Hall–Kier alpha value is -1.06. The number of fused-ring (bicyclic) bond motifs is 2. The average molecular weight is 422 g/mol. The number of piperidine rings is 1. The molecule has 7 atom stereocenters. The maximum absolute atomic E-state index is 12.0. The summed E-state index contributed by atoms with van der Waals surface area (Å²) in [7, 11) is 0. The Labute approximate surface area is 187 Å². The van der Waals surface area contributed by atoms with Crippen LogP contribution in [0.1, 0.15) is 77.3 Å². The third-order valence-electron chi connectivity index (χ3n) is 11.3. The minimum atomic E-state index is -0.680. The Bertz CT molecular complexity index is 943. The van der Waals surface area contributed by atoms with Gasteiger partial charge in [0.05, 0.1) is 5.60 Å². The van der Waals surface area contributed by atoms with E-state index in [0.717, 1.165) is 5.92 Å². The molecule has 1 N–H and O–H groups in total. The van der Waals surface area contributed by atoms with Crippen molar-refractivity contribution in [3.63, 3.8) is 0 Å². The molecular weight excluding hydrogens is 382 g/mol. The summed E-state index contributed by atoms with van der Waals surface area (Å²) in [5.41, 5.74) is 2.81. The van der Waals surface area contributed by atoms with Crippen LogP contribution >= 0.6 is 0 Å². The van der Waals surface area contributed by atoms with Crippen LogP contribution in [0.5, 0.6) is 5.75 Å². The zero-order chi connectivity index (χ0) is 21.4. The molecule has 168 valence electrons. The highest BCUT2D eigenvalue weighted by molar-refractivity contribution is 5.57. The van der Waals surface area contributed by atoms with Crippen LogP contribution in [0.25, 0.3) is 0 Å². The molecule has 4 bridgehead atoms. The normalized spacial score (nSPS) is 44.5. The van der Waals surface area contributed by atoms with Crippen LogP contribution in [0.2, 0.25) is 0 Å². The number of hydrogen-bond donors (Lipinski definition) is 1. The van der Waals surface area contributed by atoms with Gasteiger partial charge in [0, 0.05) is 34.9 Å². The van der Waals surface area contributed by atoms with Crippen molar-refractivity contribution in [3.8, 4) is 5.75 Å². The minimum absolute atomic E-state index is 0.132. The molecule has 5 aliphatic carbocycles. The Kier molecular flexibility index (Phi) is 3.57. The van der Waals surface area contributed by atoms with Gasteiger partial charge in [0.15, 0.2) is 0 Å². The second-order valence-corrected chi connectivity index (χ2v) is 13.3. The number of aliphatic hydroxyl groups is 1. The molecule has 0 radical (unpaired) electrons. The Morgan fingerprint density at radius 1 is 1.13 bits per heavy atom. The van der Waals surface area contributed by atoms with Crippen LogP contribution in [0, 0.1) is 28.6 Å². The van der Waals surface area contributed by atoms with E-state index in [0.29, 0.717) is 17.9 Å². The first-order valence-electron chi connectivity index (χ1n) is 12.9. The van der Waals surface area contributed by atoms with Gasteiger partial charge in [0.2, 0.25) is 0 Å². The van der Waals surface area contributed by atoms with Crippen molar-refractivity contribution < 1.29 is 9.84 Å². The zero-order valence-corrected chi connectivity index (χ0v) is 19.8. The molecule has 0 aromatic heterocycles. The number of hydrogen-bond acceptors (Lipinski definition) is 3. The van der Waals surface area contributed by atoms with E-state index < -0.39 is 5.60 Å². The van der Waals surface area contributed by atoms with Crippen LogP contribution in [0.15, 0.2) is 18.2 Å². The first kappa shape index (κ1) is 19.4. The van der Waals surface area contributed by atoms with Crippen LogP contribution in [-0.2, 0) is 11.8 Å². The molecule has 1 aromatic rings. The van der Waals surface area contributed by atoms with Gasteiger partial charge in [0.1, 0.15) is 11.9 Å². The summed E-state index contributed by atoms with van der Waals surface area (Å²) < 4.78 is 6.94. The molecule has 4 unspecified atom stereocenters. The maximum atomic E-state index is 12.0. The van der Waals surface area contributed by atoms with E-state index in [2.05, 4.69) is 50.8 Å². The Morgan fingerprint density at radius 2 is 1.94 bits per heavy atom. The molecule has 31 heavy (non-hydrogen) atoms. The molecule has 5 fully saturated rings. The van der Waals surface area contributed by atoms with Crippen LogP contribution in [-0.4, -0.2) is 40.8 Å². The lowest BCUT2D eigenvalue weighted by molar-refractivity contribution is -0.243. The lowest BCUT2D eigenvalue weighted by atomic mass is 9.34. The summed E-state index contributed by atoms with van der Waals surface area (Å²) >= 11 is 0. The Morgan fingerprint density at radius 3 is 2.68 bits per heavy atom. The molecule has 2 spiro atoms. The topological polar surface area (TPSA) is 32.7 Å². The van der Waals surface area contributed by atoms with Crippen molar-refractivity contribution in [2.75, 3.05) is 13.1 Å². The second kappa shape index (κ2) is 5.70. The molecule has 2 heterocycles. The molecule has 1 saturated heterocycles. The highest BCUT2D eigenvalue weighted by atomic mass is 16.5. The highest BCUT2D eigenvalue weighted by Gasteiger charge is 2.77. The van der Waals surface area contributed by atoms with Gasteiger partial charge in [-0.05, 0) is 87.3 Å². The first-order chi connectivity index (χ1) is 14.7. The smallest absolute Gasteiger partial charge is 0.123 e. The van der Waals surface area contributed by atoms with E-state index in [9.17, 15) is 5.11 Å². The van der Waals surface area contributed by atoms with Crippen molar-refractivity contribution in [2.45, 2.75) is 95.8 Å². The van der Waals surface area contributed by atoms with E-state index in [-0.39, 0.29) is 22.3 Å². The van der Waals surface area contributed by atoms with Gasteiger partial charge >= 0.3 is 0 Å². The Balaban J connectivity index is 1.42. The molecule has 2 aliphatic heterocycles. The van der Waals surface area contributed by atoms with Gasteiger partial charge in [-0.15, -0.1) is 0 Å². The van der Waals surface area contributed by atoms with Gasteiger partial charge < -0.3 is 9.84 Å². The molecular formula is C28H39NO2. The highest BCUT2D eigenvalue weighted by Crippen LogP contribution is 2.75. The van der Waals surface area contributed by atoms with Crippen molar-refractivity contribution >= 4 is 0 Å². The molecule has 4 saturated carbocycles. The molecule has 7 aliphatic rings. The third-order valence-corrected chi connectivity index (χ3v) is 11.3. The third kappa shape index (κ3) is 2.15. The van der Waals surface area contributed by atoms with Gasteiger partial charge in [-0.25, -0.2) is 0 Å². The van der Waals surface area contributed by atoms with Gasteiger partial charge in [-0.3, -0.25) is 4.90 Å². The van der Waals surface area contributed by atoms with Crippen molar-refractivity contribution in [2.24, 2.45) is 28.6 Å². The lowest BCUT2D eigenvalue weighted by Gasteiger charge is -2.73. The molecule has 3 heteroatoms. The summed E-state index contributed by atoms with van der Waals surface area (Å²) in [4.78, 5) is 2.91. The predicted molar refractivity (Wildman–Crippen MR) is 122 cm³/mol. The first-order valence-corrected chi connectivity index (χ1v) is 12.9. The number of ether oxygens (including phenoxy) is 1. The standard InChI is InChI=1S/C28H39NO2/c1-25(2,3)26(4,30)20-15-27-11-10-19(20)24-28(27)12-13-29(16-17-8-9-17)22(27)14-18-6-5-7-21(31-24)23(18)28/h5-7,17,19-20,22,24,30H,8-16H2,1-4H3/t19?,20?,22-,24+,26?,27?,28+/m1/s1. The minimum Gasteiger partial charge on any atom is -0.489 e. The SMILES string of the molecule is CC(C)(C)C(C)(O)C1CC23CCC1[C@@H]1Oc4cccc5c4[C@@]12CCN(CC1CC1)[C@@H]3C5. The van der Waals surface area contributed by atoms with Crippen molar-refractivity contribution in [1.82, 2.24) is 4.90 Å². The molecule has 3 nitrogen and oxygen atoms in total. The second-order valence-electron chi connectivity index (χ2n) is 13.3. The largest absolute Gasteiger partial charge is 0.489 e. The summed E-state index contributed by atoms with van der Waals surface area (Å²) in [6.07, 6.45) is 9.29. The van der Waals surface area contributed by atoms with Crippen molar-refractivity contribution in [3.05, 3.63) is 29.3 Å². The molecule has 8 rings (SSSR count). The number of likely N-dealkylation sites (tertiary alicyclic amines) is 1. The lowest BCUT2D eigenvalue weighted by Crippen LogP contribution is -2.77. The molecule has 1 aromatic carbocycles. The number of benzene rings is 1. The molecule has 0 amide bonds. The van der Waals surface area contributed by atoms with E-state index in [4.69, 9.17) is 4.74 Å². The summed E-state index contributed by atoms with van der Waals surface area (Å²) in [6.45, 7) is 11.4. The number of rotatable bonds is 3. The quantitative estimate of drug-likeness (QED) is 0.750. The summed E-state index contributed by atoms with van der Waals surface area (Å²) in [5, 5.41) is 12.0. The van der Waals surface area contributed by atoms with Crippen LogP contribution < -0.4 is 4.74 Å². The fourth-order valence-corrected chi connectivity index (χ4v) is 9.25. The van der Waals surface area contributed by atoms with E-state index >= 15 is 0 Å². The van der Waals surface area contributed by atoms with Gasteiger partial charge in [-0.1, -0.05) is 32.9 Å². The fraction of sp³-hybridized carbons (Fsp3) is 0.786. The predicted octanol–water partition coefficient (Wildman–Crippen LogP) is 4.94. The zero-order valence-electron chi connectivity index (χ0n) is 19.8. The van der Waals surface area contributed by atoms with E-state index in [1.54, 1.807) is 11.1 Å². The fourth-order valence-electron chi connectivity index (χ4n) is 9.25. The van der Waals surface area contributed by atoms with Crippen LogP contribution in [0.3, 0.4) is 0 Å². The maximum Gasteiger partial charge on any atom is 0.123 e.